The van der Waals surface area contributed by atoms with Crippen LogP contribution in [0, 0.1) is 6.92 Å². The number of nitrogens with zero attached hydrogens (tertiary/aromatic N) is 2. The van der Waals surface area contributed by atoms with Gasteiger partial charge >= 0.3 is 5.97 Å². The van der Waals surface area contributed by atoms with Crippen molar-refractivity contribution >= 4 is 17.7 Å². The monoisotopic (exact) mass is 251 g/mol. The molecule has 0 atom stereocenters. The number of hydrogen-bond acceptors (Lipinski definition) is 4. The number of aromatic nitrogens is 1. The number of carboxylic acid groups (broad SMARTS) is 1. The first-order valence-corrected chi connectivity index (χ1v) is 5.61. The van der Waals surface area contributed by atoms with Crippen molar-refractivity contribution in [3.8, 4) is 0 Å². The lowest BCUT2D eigenvalue weighted by Gasteiger charge is -2.20. The Morgan fingerprint density at radius 3 is 2.72 bits per heavy atom. The average molecular weight is 251 g/mol. The normalized spacial score (nSPS) is 10.1. The minimum atomic E-state index is -0.837. The van der Waals surface area contributed by atoms with E-state index in [4.69, 9.17) is 10.8 Å². The number of aliphatic carboxylic acids is 1. The predicted octanol–water partition coefficient (Wildman–Crippen LogP) is 0.790. The Morgan fingerprint density at radius 1 is 1.50 bits per heavy atom. The summed E-state index contributed by atoms with van der Waals surface area (Å²) in [5.74, 6) is -0.871. The first kappa shape index (κ1) is 14.0. The maximum Gasteiger partial charge on any atom is 0.303 e. The van der Waals surface area contributed by atoms with Crippen LogP contribution < -0.4 is 10.6 Å². The highest BCUT2D eigenvalue weighted by Gasteiger charge is 2.15. The molecule has 0 fully saturated rings. The van der Waals surface area contributed by atoms with Gasteiger partial charge in [-0.05, 0) is 25.0 Å². The number of aryl methyl sites for hydroxylation is 1. The van der Waals surface area contributed by atoms with Gasteiger partial charge < -0.3 is 15.7 Å². The van der Waals surface area contributed by atoms with E-state index in [1.807, 2.05) is 0 Å². The van der Waals surface area contributed by atoms with Crippen molar-refractivity contribution in [1.29, 1.82) is 0 Å². The second-order valence-electron chi connectivity index (χ2n) is 4.11. The molecule has 1 aromatic rings. The van der Waals surface area contributed by atoms with Crippen LogP contribution in [0.5, 0.6) is 0 Å². The molecule has 0 aromatic carbocycles. The zero-order valence-electron chi connectivity index (χ0n) is 10.5. The number of rotatable bonds is 6. The summed E-state index contributed by atoms with van der Waals surface area (Å²) in [6.07, 6.45) is 2.17. The standard InChI is InChI=1S/C12H17N3O3/c1-8-5-6-14-12(10(8)11(13)18)15(2)7-3-4-9(16)17/h5-6H,3-4,7H2,1-2H3,(H2,13,18)(H,16,17). The molecule has 0 aliphatic rings. The van der Waals surface area contributed by atoms with E-state index in [9.17, 15) is 9.59 Å². The SMILES string of the molecule is Cc1ccnc(N(C)CCCC(=O)O)c1C(N)=O. The number of nitrogens with two attached hydrogens (primary N) is 1. The fraction of sp³-hybridized carbons (Fsp3) is 0.417. The lowest BCUT2D eigenvalue weighted by atomic mass is 10.1. The molecule has 6 nitrogen and oxygen atoms in total. The quantitative estimate of drug-likeness (QED) is 0.779. The number of amides is 1. The molecule has 1 amide bonds. The molecule has 98 valence electrons. The summed E-state index contributed by atoms with van der Waals surface area (Å²) in [5.41, 5.74) is 6.48. The number of primary amides is 1. The van der Waals surface area contributed by atoms with E-state index in [0.717, 1.165) is 5.56 Å². The van der Waals surface area contributed by atoms with Gasteiger partial charge in [0.25, 0.3) is 5.91 Å². The predicted molar refractivity (Wildman–Crippen MR) is 67.6 cm³/mol. The molecule has 6 heteroatoms. The largest absolute Gasteiger partial charge is 0.481 e. The molecule has 0 saturated carbocycles. The molecule has 0 spiro atoms. The van der Waals surface area contributed by atoms with Crippen LogP contribution in [-0.2, 0) is 4.79 Å². The summed E-state index contributed by atoms with van der Waals surface area (Å²) < 4.78 is 0. The van der Waals surface area contributed by atoms with Gasteiger partial charge in [-0.15, -0.1) is 0 Å². The molecule has 0 saturated heterocycles. The summed E-state index contributed by atoms with van der Waals surface area (Å²) >= 11 is 0. The van der Waals surface area contributed by atoms with Crippen LogP contribution in [0.2, 0.25) is 0 Å². The Kier molecular flexibility index (Phi) is 4.65. The molecule has 0 bridgehead atoms. The number of anilines is 1. The van der Waals surface area contributed by atoms with Crippen LogP contribution in [0.25, 0.3) is 0 Å². The molecule has 18 heavy (non-hydrogen) atoms. The van der Waals surface area contributed by atoms with Gasteiger partial charge in [-0.3, -0.25) is 9.59 Å². The summed E-state index contributed by atoms with van der Waals surface area (Å²) in [7, 11) is 1.76. The van der Waals surface area contributed by atoms with E-state index in [1.165, 1.54) is 0 Å². The van der Waals surface area contributed by atoms with Gasteiger partial charge in [-0.25, -0.2) is 4.98 Å². The van der Waals surface area contributed by atoms with E-state index in [1.54, 1.807) is 31.1 Å². The van der Waals surface area contributed by atoms with Crippen LogP contribution >= 0.6 is 0 Å². The average Bonchev–Trinajstić information content (AvgIpc) is 2.27. The third kappa shape index (κ3) is 3.44. The van der Waals surface area contributed by atoms with Gasteiger partial charge in [-0.2, -0.15) is 0 Å². The summed E-state index contributed by atoms with van der Waals surface area (Å²) in [4.78, 5) is 27.7. The fourth-order valence-electron chi connectivity index (χ4n) is 1.71. The number of carbonyl (C=O) groups excluding carboxylic acids is 1. The Balaban J connectivity index is 2.85. The van der Waals surface area contributed by atoms with Gasteiger partial charge in [0.1, 0.15) is 5.82 Å². The summed E-state index contributed by atoms with van der Waals surface area (Å²) in [5, 5.41) is 8.58. The van der Waals surface area contributed by atoms with Crippen molar-refractivity contribution in [1.82, 2.24) is 4.98 Å². The minimum absolute atomic E-state index is 0.0854. The Morgan fingerprint density at radius 2 is 2.17 bits per heavy atom. The zero-order chi connectivity index (χ0) is 13.7. The first-order valence-electron chi connectivity index (χ1n) is 5.61. The topological polar surface area (TPSA) is 96.5 Å². The Labute approximate surface area is 105 Å². The molecule has 1 aromatic heterocycles. The molecule has 0 aliphatic carbocycles. The van der Waals surface area contributed by atoms with E-state index in [2.05, 4.69) is 4.98 Å². The van der Waals surface area contributed by atoms with Gasteiger partial charge in [0, 0.05) is 26.2 Å². The van der Waals surface area contributed by atoms with Crippen molar-refractivity contribution < 1.29 is 14.7 Å². The van der Waals surface area contributed by atoms with E-state index in [-0.39, 0.29) is 6.42 Å². The smallest absolute Gasteiger partial charge is 0.303 e. The van der Waals surface area contributed by atoms with Crippen LogP contribution in [0.3, 0.4) is 0 Å². The molecule has 1 rings (SSSR count). The maximum absolute atomic E-state index is 11.4. The molecule has 1 heterocycles. The zero-order valence-corrected chi connectivity index (χ0v) is 10.5. The first-order chi connectivity index (χ1) is 8.43. The molecule has 3 N–H and O–H groups in total. The van der Waals surface area contributed by atoms with Crippen LogP contribution in [-0.4, -0.2) is 35.6 Å². The highest BCUT2D eigenvalue weighted by Crippen LogP contribution is 2.19. The lowest BCUT2D eigenvalue weighted by molar-refractivity contribution is -0.137. The Hall–Kier alpha value is -2.11. The molecule has 0 radical (unpaired) electrons. The van der Waals surface area contributed by atoms with Gasteiger partial charge in [0.15, 0.2) is 0 Å². The third-order valence-electron chi connectivity index (χ3n) is 2.63. The summed E-state index contributed by atoms with van der Waals surface area (Å²) in [6, 6.07) is 1.72. The van der Waals surface area contributed by atoms with Crippen LogP contribution in [0.15, 0.2) is 12.3 Å². The van der Waals surface area contributed by atoms with Crippen molar-refractivity contribution in [3.63, 3.8) is 0 Å². The fourth-order valence-corrected chi connectivity index (χ4v) is 1.71. The Bertz CT molecular complexity index is 460. The van der Waals surface area contributed by atoms with Crippen molar-refractivity contribution in [2.24, 2.45) is 5.73 Å². The molecular formula is C12H17N3O3. The van der Waals surface area contributed by atoms with Gasteiger partial charge in [-0.1, -0.05) is 0 Å². The van der Waals surface area contributed by atoms with Crippen molar-refractivity contribution in [2.75, 3.05) is 18.5 Å². The number of carboxylic acids is 1. The second kappa shape index (κ2) is 6.00. The van der Waals surface area contributed by atoms with E-state index < -0.39 is 11.9 Å². The molecule has 0 unspecified atom stereocenters. The summed E-state index contributed by atoms with van der Waals surface area (Å²) in [6.45, 7) is 2.29. The number of carbonyl (C=O) groups is 2. The third-order valence-corrected chi connectivity index (χ3v) is 2.63. The van der Waals surface area contributed by atoms with Crippen LogP contribution in [0.4, 0.5) is 5.82 Å². The van der Waals surface area contributed by atoms with Crippen molar-refractivity contribution in [2.45, 2.75) is 19.8 Å². The van der Waals surface area contributed by atoms with Crippen molar-refractivity contribution in [3.05, 3.63) is 23.4 Å². The molecule has 0 aliphatic heterocycles. The lowest BCUT2D eigenvalue weighted by Crippen LogP contribution is -2.25. The van der Waals surface area contributed by atoms with Crippen LogP contribution in [0.1, 0.15) is 28.8 Å². The highest BCUT2D eigenvalue weighted by molar-refractivity contribution is 5.99. The number of pyridine rings is 1. The van der Waals surface area contributed by atoms with E-state index >= 15 is 0 Å². The highest BCUT2D eigenvalue weighted by atomic mass is 16.4. The maximum atomic E-state index is 11.4. The number of hydrogen-bond donors (Lipinski definition) is 2. The minimum Gasteiger partial charge on any atom is -0.481 e. The van der Waals surface area contributed by atoms with Gasteiger partial charge in [0.2, 0.25) is 0 Å². The molecular weight excluding hydrogens is 234 g/mol. The van der Waals surface area contributed by atoms with Gasteiger partial charge in [0.05, 0.1) is 5.56 Å². The van der Waals surface area contributed by atoms with E-state index in [0.29, 0.717) is 24.3 Å². The second-order valence-corrected chi connectivity index (χ2v) is 4.11.